The van der Waals surface area contributed by atoms with Crippen molar-refractivity contribution < 1.29 is 13.2 Å². The van der Waals surface area contributed by atoms with E-state index in [1.807, 2.05) is 11.0 Å². The minimum Gasteiger partial charge on any atom is -0.352 e. The maximum atomic E-state index is 12.6. The molecule has 3 rings (SSSR count). The Balaban J connectivity index is 1.43. The molecule has 2 aromatic rings. The number of amides is 1. The van der Waals surface area contributed by atoms with Crippen LogP contribution >= 0.6 is 0 Å². The van der Waals surface area contributed by atoms with Crippen LogP contribution in [0.25, 0.3) is 0 Å². The number of piperazine rings is 1. The molecule has 0 radical (unpaired) electrons. The van der Waals surface area contributed by atoms with Crippen LogP contribution in [0.15, 0.2) is 42.7 Å². The fourth-order valence-corrected chi connectivity index (χ4v) is 4.53. The van der Waals surface area contributed by atoms with E-state index < -0.39 is 10.0 Å². The first-order chi connectivity index (χ1) is 14.0. The van der Waals surface area contributed by atoms with Gasteiger partial charge in [-0.3, -0.25) is 4.79 Å². The summed E-state index contributed by atoms with van der Waals surface area (Å²) in [7, 11) is -3.39. The highest BCUT2D eigenvalue weighted by Gasteiger charge is 2.27. The van der Waals surface area contributed by atoms with Crippen LogP contribution in [0.3, 0.4) is 0 Å². The van der Waals surface area contributed by atoms with Crippen LogP contribution in [0.5, 0.6) is 0 Å². The molecule has 10 heteroatoms. The van der Waals surface area contributed by atoms with Crippen molar-refractivity contribution in [1.82, 2.24) is 19.6 Å². The van der Waals surface area contributed by atoms with E-state index >= 15 is 0 Å². The minimum absolute atomic E-state index is 0.0344. The van der Waals surface area contributed by atoms with Gasteiger partial charge in [0, 0.05) is 50.7 Å². The first-order valence-corrected chi connectivity index (χ1v) is 10.9. The quantitative estimate of drug-likeness (QED) is 0.660. The summed E-state index contributed by atoms with van der Waals surface area (Å²) >= 11 is 0. The van der Waals surface area contributed by atoms with Crippen LogP contribution in [0, 0.1) is 11.3 Å². The number of nitrogens with zero attached hydrogens (tertiary/aromatic N) is 5. The lowest BCUT2D eigenvalue weighted by atomic mass is 10.1. The van der Waals surface area contributed by atoms with Crippen LogP contribution < -0.4 is 10.2 Å². The molecule has 152 valence electrons. The van der Waals surface area contributed by atoms with E-state index in [0.29, 0.717) is 49.7 Å². The summed E-state index contributed by atoms with van der Waals surface area (Å²) in [5.41, 5.74) is 0.784. The summed E-state index contributed by atoms with van der Waals surface area (Å²) in [6.45, 7) is 2.08. The maximum Gasteiger partial charge on any atom is 0.251 e. The predicted octanol–water partition coefficient (Wildman–Crippen LogP) is 0.620. The number of anilines is 1. The van der Waals surface area contributed by atoms with Crippen LogP contribution in [0.1, 0.15) is 22.3 Å². The van der Waals surface area contributed by atoms with Crippen molar-refractivity contribution in [3.05, 3.63) is 53.9 Å². The Morgan fingerprint density at radius 3 is 2.55 bits per heavy atom. The van der Waals surface area contributed by atoms with Gasteiger partial charge in [-0.15, -0.1) is 0 Å². The third-order valence-electron chi connectivity index (χ3n) is 4.59. The molecular weight excluding hydrogens is 392 g/mol. The Hall–Kier alpha value is -3.03. The summed E-state index contributed by atoms with van der Waals surface area (Å²) in [6.07, 6.45) is 3.64. The van der Waals surface area contributed by atoms with Gasteiger partial charge in [0.25, 0.3) is 5.91 Å². The molecule has 9 nitrogen and oxygen atoms in total. The zero-order valence-corrected chi connectivity index (χ0v) is 16.7. The first kappa shape index (κ1) is 20.7. The first-order valence-electron chi connectivity index (χ1n) is 9.28. The topological polar surface area (TPSA) is 119 Å². The van der Waals surface area contributed by atoms with Crippen molar-refractivity contribution in [2.45, 2.75) is 6.42 Å². The highest BCUT2D eigenvalue weighted by molar-refractivity contribution is 7.89. The van der Waals surface area contributed by atoms with Gasteiger partial charge >= 0.3 is 0 Å². The number of nitrogens with one attached hydrogen (secondary N) is 1. The van der Waals surface area contributed by atoms with E-state index in [1.165, 1.54) is 10.4 Å². The highest BCUT2D eigenvalue weighted by Crippen LogP contribution is 2.13. The lowest BCUT2D eigenvalue weighted by Crippen LogP contribution is -2.49. The van der Waals surface area contributed by atoms with Crippen molar-refractivity contribution >= 4 is 21.9 Å². The SMILES string of the molecule is N#Cc1cccc(C(=O)NCCCS(=O)(=O)N2CCN(c3ncccn3)CC2)c1. The van der Waals surface area contributed by atoms with Crippen molar-refractivity contribution in [1.29, 1.82) is 5.26 Å². The molecule has 29 heavy (non-hydrogen) atoms. The molecule has 1 saturated heterocycles. The minimum atomic E-state index is -3.39. The van der Waals surface area contributed by atoms with Crippen LogP contribution in [-0.4, -0.2) is 67.1 Å². The molecule has 0 bridgehead atoms. The number of nitriles is 1. The number of sulfonamides is 1. The maximum absolute atomic E-state index is 12.6. The molecule has 0 aliphatic carbocycles. The number of carbonyl (C=O) groups is 1. The Kier molecular flexibility index (Phi) is 6.74. The molecule has 1 aromatic heterocycles. The Morgan fingerprint density at radius 2 is 1.86 bits per heavy atom. The summed E-state index contributed by atoms with van der Waals surface area (Å²) in [6, 6.07) is 10.1. The average Bonchev–Trinajstić information content (AvgIpc) is 2.77. The van der Waals surface area contributed by atoms with Gasteiger partial charge in [-0.05, 0) is 30.7 Å². The van der Waals surface area contributed by atoms with Gasteiger partial charge in [0.1, 0.15) is 0 Å². The van der Waals surface area contributed by atoms with E-state index in [1.54, 1.807) is 36.7 Å². The molecule has 1 amide bonds. The lowest BCUT2D eigenvalue weighted by Gasteiger charge is -2.33. The molecule has 0 spiro atoms. The molecule has 0 saturated carbocycles. The fourth-order valence-electron chi connectivity index (χ4n) is 3.04. The predicted molar refractivity (Wildman–Crippen MR) is 108 cm³/mol. The zero-order valence-electron chi connectivity index (χ0n) is 15.9. The fraction of sp³-hybridized carbons (Fsp3) is 0.368. The smallest absolute Gasteiger partial charge is 0.251 e. The third-order valence-corrected chi connectivity index (χ3v) is 6.54. The molecule has 1 aliphatic rings. The van der Waals surface area contributed by atoms with Gasteiger partial charge < -0.3 is 10.2 Å². The summed E-state index contributed by atoms with van der Waals surface area (Å²) in [4.78, 5) is 22.5. The number of aromatic nitrogens is 2. The lowest BCUT2D eigenvalue weighted by molar-refractivity contribution is 0.0953. The van der Waals surface area contributed by atoms with Gasteiger partial charge in [-0.1, -0.05) is 6.07 Å². The van der Waals surface area contributed by atoms with Crippen molar-refractivity contribution in [3.63, 3.8) is 0 Å². The molecule has 1 N–H and O–H groups in total. The number of carbonyl (C=O) groups excluding carboxylic acids is 1. The second-order valence-corrected chi connectivity index (χ2v) is 8.64. The highest BCUT2D eigenvalue weighted by atomic mass is 32.2. The molecule has 1 aromatic carbocycles. The van der Waals surface area contributed by atoms with E-state index in [0.717, 1.165) is 0 Å². The van der Waals surface area contributed by atoms with E-state index in [2.05, 4.69) is 15.3 Å². The Morgan fingerprint density at radius 1 is 1.14 bits per heavy atom. The number of hydrogen-bond donors (Lipinski definition) is 1. The monoisotopic (exact) mass is 414 g/mol. The van der Waals surface area contributed by atoms with Gasteiger partial charge in [-0.2, -0.15) is 9.57 Å². The van der Waals surface area contributed by atoms with Gasteiger partial charge in [-0.25, -0.2) is 18.4 Å². The number of hydrogen-bond acceptors (Lipinski definition) is 7. The summed E-state index contributed by atoms with van der Waals surface area (Å²) in [5.74, 6) is 0.247. The second-order valence-electron chi connectivity index (χ2n) is 6.55. The van der Waals surface area contributed by atoms with Crippen LogP contribution in [0.4, 0.5) is 5.95 Å². The van der Waals surface area contributed by atoms with Crippen molar-refractivity contribution in [2.24, 2.45) is 0 Å². The number of benzene rings is 1. The second kappa shape index (κ2) is 9.45. The van der Waals surface area contributed by atoms with Crippen LogP contribution in [0.2, 0.25) is 0 Å². The largest absolute Gasteiger partial charge is 0.352 e. The molecule has 0 atom stereocenters. The summed E-state index contributed by atoms with van der Waals surface area (Å²) < 4.78 is 26.6. The van der Waals surface area contributed by atoms with Crippen molar-refractivity contribution in [2.75, 3.05) is 43.4 Å². The number of rotatable bonds is 7. The van der Waals surface area contributed by atoms with Gasteiger partial charge in [0.2, 0.25) is 16.0 Å². The van der Waals surface area contributed by atoms with Crippen LogP contribution in [-0.2, 0) is 10.0 Å². The Labute approximate surface area is 170 Å². The Bertz CT molecular complexity index is 983. The molecule has 1 fully saturated rings. The van der Waals surface area contributed by atoms with Gasteiger partial charge in [0.05, 0.1) is 17.4 Å². The van der Waals surface area contributed by atoms with E-state index in [4.69, 9.17) is 5.26 Å². The normalized spacial score (nSPS) is 14.9. The molecular formula is C19H22N6O3S. The van der Waals surface area contributed by atoms with Crippen molar-refractivity contribution in [3.8, 4) is 6.07 Å². The zero-order chi connectivity index (χ0) is 20.7. The molecule has 1 aliphatic heterocycles. The molecule has 0 unspecified atom stereocenters. The molecule has 2 heterocycles. The van der Waals surface area contributed by atoms with Gasteiger partial charge in [0.15, 0.2) is 0 Å². The standard InChI is InChI=1S/C19H22N6O3S/c20-15-16-4-1-5-17(14-16)18(26)21-8-3-13-29(27,28)25-11-9-24(10-12-25)19-22-6-2-7-23-19/h1-2,4-7,14H,3,8-13H2,(H,21,26). The third kappa shape index (κ3) is 5.49. The summed E-state index contributed by atoms with van der Waals surface area (Å²) in [5, 5.41) is 11.6. The average molecular weight is 414 g/mol. The van der Waals surface area contributed by atoms with E-state index in [9.17, 15) is 13.2 Å². The van der Waals surface area contributed by atoms with E-state index in [-0.39, 0.29) is 18.2 Å².